The van der Waals surface area contributed by atoms with Crippen LogP contribution in [-0.2, 0) is 21.2 Å². The Labute approximate surface area is 186 Å². The van der Waals surface area contributed by atoms with E-state index >= 15 is 0 Å². The molecule has 0 aliphatic rings. The second-order valence-electron chi connectivity index (χ2n) is 7.28. The van der Waals surface area contributed by atoms with E-state index in [9.17, 15) is 18.0 Å². The Morgan fingerprint density at radius 1 is 1.00 bits per heavy atom. The lowest BCUT2D eigenvalue weighted by Crippen LogP contribution is -2.19. The van der Waals surface area contributed by atoms with Crippen molar-refractivity contribution in [2.75, 3.05) is 17.7 Å². The number of carbonyl (C=O) groups excluding carboxylic acids is 2. The summed E-state index contributed by atoms with van der Waals surface area (Å²) in [7, 11) is -1.84. The highest BCUT2D eigenvalue weighted by Crippen LogP contribution is 2.18. The van der Waals surface area contributed by atoms with Crippen LogP contribution in [0.2, 0.25) is 0 Å². The molecule has 2 aromatic carbocycles. The summed E-state index contributed by atoms with van der Waals surface area (Å²) in [4.78, 5) is 24.8. The largest absolute Gasteiger partial charge is 0.497 e. The van der Waals surface area contributed by atoms with E-state index in [1.54, 1.807) is 45.2 Å². The van der Waals surface area contributed by atoms with Crippen molar-refractivity contribution in [3.8, 4) is 5.75 Å². The van der Waals surface area contributed by atoms with Crippen LogP contribution in [-0.4, -0.2) is 42.4 Å². The smallest absolute Gasteiger partial charge is 0.255 e. The number of sulfone groups is 1. The fourth-order valence-electron chi connectivity index (χ4n) is 2.81. The average Bonchev–Trinajstić information content (AvgIpc) is 3.20. The molecule has 1 heterocycles. The second kappa shape index (κ2) is 9.65. The predicted molar refractivity (Wildman–Crippen MR) is 121 cm³/mol. The molecular weight excluding hydrogens is 432 g/mol. The van der Waals surface area contributed by atoms with Crippen molar-refractivity contribution >= 4 is 33.0 Å². The number of benzene rings is 2. The molecular formula is C22H24N4O5S. The minimum atomic E-state index is -3.40. The molecule has 0 spiro atoms. The number of nitrogens with zero attached hydrogens (tertiary/aromatic N) is 2. The van der Waals surface area contributed by atoms with Crippen molar-refractivity contribution in [1.29, 1.82) is 0 Å². The minimum absolute atomic E-state index is 0.0380. The first-order valence-corrected chi connectivity index (χ1v) is 11.4. The van der Waals surface area contributed by atoms with Gasteiger partial charge in [-0.3, -0.25) is 14.3 Å². The lowest BCUT2D eigenvalue weighted by atomic mass is 10.2. The molecule has 3 rings (SSSR count). The lowest BCUT2D eigenvalue weighted by Gasteiger charge is -2.08. The number of ether oxygens (including phenoxy) is 1. The van der Waals surface area contributed by atoms with E-state index in [0.29, 0.717) is 22.7 Å². The van der Waals surface area contributed by atoms with E-state index in [0.717, 1.165) is 0 Å². The second-order valence-corrected chi connectivity index (χ2v) is 9.78. The maximum absolute atomic E-state index is 12.4. The number of amides is 2. The molecule has 0 aliphatic carbocycles. The fourth-order valence-corrected chi connectivity index (χ4v) is 3.87. The summed E-state index contributed by atoms with van der Waals surface area (Å²) in [5.41, 5.74) is 1.34. The third kappa shape index (κ3) is 5.52. The Morgan fingerprint density at radius 3 is 2.25 bits per heavy atom. The van der Waals surface area contributed by atoms with Crippen molar-refractivity contribution in [1.82, 2.24) is 9.78 Å². The predicted octanol–water partition coefficient (Wildman–Crippen LogP) is 2.96. The summed E-state index contributed by atoms with van der Waals surface area (Å²) >= 11 is 0. The maximum atomic E-state index is 12.4. The van der Waals surface area contributed by atoms with Crippen LogP contribution in [0.25, 0.3) is 0 Å². The van der Waals surface area contributed by atoms with Crippen molar-refractivity contribution in [2.24, 2.45) is 0 Å². The first-order chi connectivity index (χ1) is 15.2. The molecule has 168 valence electrons. The number of carbonyl (C=O) groups is 2. The van der Waals surface area contributed by atoms with E-state index in [4.69, 9.17) is 4.74 Å². The number of anilines is 2. The summed E-state index contributed by atoms with van der Waals surface area (Å²) in [5.74, 6) is -0.00883. The summed E-state index contributed by atoms with van der Waals surface area (Å²) < 4.78 is 30.9. The molecule has 1 aromatic heterocycles. The monoisotopic (exact) mass is 456 g/mol. The summed E-state index contributed by atoms with van der Waals surface area (Å²) in [6.07, 6.45) is 2.96. The van der Waals surface area contributed by atoms with Crippen molar-refractivity contribution in [3.63, 3.8) is 0 Å². The van der Waals surface area contributed by atoms with Crippen molar-refractivity contribution < 1.29 is 22.7 Å². The number of methoxy groups -OCH3 is 1. The van der Waals surface area contributed by atoms with E-state index in [2.05, 4.69) is 15.7 Å². The van der Waals surface area contributed by atoms with Gasteiger partial charge in [-0.05, 0) is 62.4 Å². The Morgan fingerprint density at radius 2 is 1.66 bits per heavy atom. The number of hydrogen-bond acceptors (Lipinski definition) is 6. The van der Waals surface area contributed by atoms with Crippen molar-refractivity contribution in [2.45, 2.75) is 30.5 Å². The van der Waals surface area contributed by atoms with Crippen LogP contribution in [0.3, 0.4) is 0 Å². The van der Waals surface area contributed by atoms with E-state index in [1.807, 2.05) is 0 Å². The third-order valence-electron chi connectivity index (χ3n) is 4.64. The van der Waals surface area contributed by atoms with Crippen LogP contribution in [0.5, 0.6) is 5.75 Å². The van der Waals surface area contributed by atoms with Crippen LogP contribution >= 0.6 is 0 Å². The van der Waals surface area contributed by atoms with Gasteiger partial charge in [-0.25, -0.2) is 8.42 Å². The van der Waals surface area contributed by atoms with Gasteiger partial charge in [-0.15, -0.1) is 0 Å². The third-order valence-corrected chi connectivity index (χ3v) is 6.81. The molecule has 0 bridgehead atoms. The zero-order valence-corrected chi connectivity index (χ0v) is 18.7. The Hall–Kier alpha value is -3.66. The average molecular weight is 457 g/mol. The Bertz CT molecular complexity index is 1200. The topological polar surface area (TPSA) is 119 Å². The molecule has 2 amide bonds. The molecule has 0 saturated heterocycles. The van der Waals surface area contributed by atoms with Gasteiger partial charge >= 0.3 is 0 Å². The lowest BCUT2D eigenvalue weighted by molar-refractivity contribution is -0.116. The van der Waals surface area contributed by atoms with E-state index < -0.39 is 21.0 Å². The summed E-state index contributed by atoms with van der Waals surface area (Å²) in [6.45, 7) is 3.17. The fraction of sp³-hybridized carbons (Fsp3) is 0.227. The van der Waals surface area contributed by atoms with E-state index in [-0.39, 0.29) is 17.3 Å². The maximum Gasteiger partial charge on any atom is 0.255 e. The highest BCUT2D eigenvalue weighted by molar-refractivity contribution is 7.92. The van der Waals surface area contributed by atoms with Crippen LogP contribution < -0.4 is 15.4 Å². The number of nitrogens with one attached hydrogen (secondary N) is 2. The first-order valence-electron chi connectivity index (χ1n) is 9.80. The Balaban J connectivity index is 1.58. The van der Waals surface area contributed by atoms with Gasteiger partial charge in [-0.1, -0.05) is 0 Å². The van der Waals surface area contributed by atoms with Crippen LogP contribution in [0.1, 0.15) is 24.2 Å². The van der Waals surface area contributed by atoms with Gasteiger partial charge in [-0.2, -0.15) is 5.10 Å². The normalized spacial score (nSPS) is 11.2. The van der Waals surface area contributed by atoms with Gasteiger partial charge < -0.3 is 15.4 Å². The quantitative estimate of drug-likeness (QED) is 0.538. The number of aromatic nitrogens is 2. The molecule has 32 heavy (non-hydrogen) atoms. The molecule has 0 saturated carbocycles. The number of rotatable bonds is 8. The van der Waals surface area contributed by atoms with Gasteiger partial charge in [0.15, 0.2) is 9.84 Å². The van der Waals surface area contributed by atoms with Gasteiger partial charge in [0.25, 0.3) is 5.91 Å². The van der Waals surface area contributed by atoms with Crippen molar-refractivity contribution in [3.05, 3.63) is 66.5 Å². The van der Waals surface area contributed by atoms with Gasteiger partial charge in [0, 0.05) is 17.4 Å². The highest BCUT2D eigenvalue weighted by atomic mass is 32.2. The molecule has 0 aliphatic heterocycles. The highest BCUT2D eigenvalue weighted by Gasteiger charge is 2.19. The number of hydrogen-bond donors (Lipinski definition) is 2. The van der Waals surface area contributed by atoms with Gasteiger partial charge in [0.2, 0.25) is 5.91 Å². The van der Waals surface area contributed by atoms with Crippen LogP contribution in [0.15, 0.2) is 65.8 Å². The van der Waals surface area contributed by atoms with E-state index in [1.165, 1.54) is 41.3 Å². The first kappa shape index (κ1) is 23.0. The molecule has 3 aromatic rings. The molecule has 2 N–H and O–H groups in total. The van der Waals surface area contributed by atoms with Crippen LogP contribution in [0, 0.1) is 0 Å². The van der Waals surface area contributed by atoms with Crippen LogP contribution in [0.4, 0.5) is 11.4 Å². The standard InChI is InChI=1S/C22H24N4O5S/c1-15(2)32(29,30)20-10-4-16(5-11-20)22(28)25-18-12-23-26(13-18)14-21(27)24-17-6-8-19(31-3)9-7-17/h4-13,15H,14H2,1-3H3,(H,24,27)(H,25,28). The Kier molecular flexibility index (Phi) is 6.94. The summed E-state index contributed by atoms with van der Waals surface area (Å²) in [6, 6.07) is 12.7. The van der Waals surface area contributed by atoms with Gasteiger partial charge in [0.05, 0.1) is 29.1 Å². The molecule has 0 atom stereocenters. The molecule has 10 heteroatoms. The van der Waals surface area contributed by atoms with Gasteiger partial charge in [0.1, 0.15) is 12.3 Å². The minimum Gasteiger partial charge on any atom is -0.497 e. The summed E-state index contributed by atoms with van der Waals surface area (Å²) in [5, 5.41) is 8.96. The zero-order valence-electron chi connectivity index (χ0n) is 17.9. The molecule has 0 fully saturated rings. The molecule has 0 unspecified atom stereocenters. The SMILES string of the molecule is COc1ccc(NC(=O)Cn2cc(NC(=O)c3ccc(S(=O)(=O)C(C)C)cc3)cn2)cc1. The zero-order chi connectivity index (χ0) is 23.3. The molecule has 9 nitrogen and oxygen atoms in total. The molecule has 0 radical (unpaired) electrons.